The maximum Gasteiger partial charge on any atom is 0.355 e. The van der Waals surface area contributed by atoms with E-state index in [4.69, 9.17) is 14.2 Å². The van der Waals surface area contributed by atoms with Crippen molar-refractivity contribution >= 4 is 29.4 Å². The molecule has 2 aromatic carbocycles. The number of anilines is 1. The lowest BCUT2D eigenvalue weighted by molar-refractivity contribution is -0.140. The van der Waals surface area contributed by atoms with Crippen LogP contribution in [0.5, 0.6) is 0 Å². The number of hydrogen-bond acceptors (Lipinski definition) is 8. The van der Waals surface area contributed by atoms with Crippen LogP contribution in [0.1, 0.15) is 21.5 Å². The van der Waals surface area contributed by atoms with E-state index in [1.54, 1.807) is 36.4 Å². The van der Waals surface area contributed by atoms with Gasteiger partial charge in [-0.05, 0) is 11.6 Å². The molecule has 0 atom stereocenters. The van der Waals surface area contributed by atoms with Gasteiger partial charge < -0.3 is 24.2 Å². The van der Waals surface area contributed by atoms with Crippen molar-refractivity contribution in [3.63, 3.8) is 0 Å². The van der Waals surface area contributed by atoms with Gasteiger partial charge in [0.25, 0.3) is 0 Å². The van der Waals surface area contributed by atoms with Crippen LogP contribution in [0.15, 0.2) is 59.8 Å². The van der Waals surface area contributed by atoms with E-state index in [1.165, 1.54) is 17.0 Å². The smallest absolute Gasteiger partial charge is 0.355 e. The summed E-state index contributed by atoms with van der Waals surface area (Å²) in [4.78, 5) is 51.1. The average Bonchev–Trinajstić information content (AvgIpc) is 2.82. The van der Waals surface area contributed by atoms with Crippen molar-refractivity contribution in [3.8, 4) is 0 Å². The zero-order valence-electron chi connectivity index (χ0n) is 17.5. The summed E-state index contributed by atoms with van der Waals surface area (Å²) in [5, 5.41) is 9.42. The van der Waals surface area contributed by atoms with E-state index >= 15 is 0 Å². The highest BCUT2D eigenvalue weighted by Crippen LogP contribution is 2.34. The van der Waals surface area contributed by atoms with Gasteiger partial charge in [0.2, 0.25) is 0 Å². The second kappa shape index (κ2) is 9.88. The average molecular weight is 439 g/mol. The molecule has 1 aliphatic heterocycles. The van der Waals surface area contributed by atoms with Crippen LogP contribution in [0.2, 0.25) is 0 Å². The highest BCUT2D eigenvalue weighted by Gasteiger charge is 2.35. The fourth-order valence-electron chi connectivity index (χ4n) is 3.46. The first-order valence-electron chi connectivity index (χ1n) is 9.57. The van der Waals surface area contributed by atoms with E-state index in [9.17, 15) is 24.3 Å². The Bertz CT molecular complexity index is 1090. The molecule has 1 heterocycles. The first-order chi connectivity index (χ1) is 15.4. The van der Waals surface area contributed by atoms with E-state index in [-0.39, 0.29) is 47.2 Å². The maximum atomic E-state index is 13.3. The molecule has 0 fully saturated rings. The van der Waals surface area contributed by atoms with Crippen molar-refractivity contribution in [3.05, 3.63) is 76.5 Å². The van der Waals surface area contributed by atoms with Crippen LogP contribution in [0.4, 0.5) is 5.69 Å². The predicted molar refractivity (Wildman–Crippen MR) is 112 cm³/mol. The summed E-state index contributed by atoms with van der Waals surface area (Å²) in [5.74, 6) is -3.17. The van der Waals surface area contributed by atoms with Gasteiger partial charge in [-0.2, -0.15) is 0 Å². The van der Waals surface area contributed by atoms with Gasteiger partial charge in [-0.25, -0.2) is 9.59 Å². The van der Waals surface area contributed by atoms with Gasteiger partial charge in [-0.1, -0.05) is 42.5 Å². The molecule has 0 saturated carbocycles. The second-order valence-electron chi connectivity index (χ2n) is 6.79. The van der Waals surface area contributed by atoms with Gasteiger partial charge in [0.1, 0.15) is 12.4 Å². The number of para-hydroxylation sites is 1. The Labute approximate surface area is 183 Å². The van der Waals surface area contributed by atoms with Crippen molar-refractivity contribution in [2.75, 3.05) is 32.5 Å². The van der Waals surface area contributed by atoms with Gasteiger partial charge in [0.15, 0.2) is 5.78 Å². The lowest BCUT2D eigenvalue weighted by atomic mass is 9.95. The van der Waals surface area contributed by atoms with Crippen LogP contribution < -0.4 is 4.90 Å². The zero-order chi connectivity index (χ0) is 23.3. The van der Waals surface area contributed by atoms with Gasteiger partial charge in [-0.3, -0.25) is 9.59 Å². The molecule has 0 aliphatic carbocycles. The van der Waals surface area contributed by atoms with Crippen LogP contribution >= 0.6 is 0 Å². The second-order valence-corrected chi connectivity index (χ2v) is 6.79. The Morgan fingerprint density at radius 3 is 2.28 bits per heavy atom. The van der Waals surface area contributed by atoms with Crippen molar-refractivity contribution in [2.45, 2.75) is 6.42 Å². The molecule has 1 N–H and O–H groups in total. The van der Waals surface area contributed by atoms with Crippen LogP contribution in [0.3, 0.4) is 0 Å². The standard InChI is InChI=1S/C23H21NO8/c1-30-22(28)17-12-32-13-24(20(17)23(29)31-2)19-15(11-18(25)26)9-6-10-16(19)21(27)14-7-4-3-5-8-14/h3-10H,11-13H2,1-2H3,(H,25,26). The number of esters is 2. The number of carbonyl (C=O) groups is 4. The van der Waals surface area contributed by atoms with Crippen LogP contribution in [-0.4, -0.2) is 56.4 Å². The lowest BCUT2D eigenvalue weighted by Crippen LogP contribution is -2.40. The number of carboxylic acid groups (broad SMARTS) is 1. The molecule has 9 nitrogen and oxygen atoms in total. The number of ketones is 1. The zero-order valence-corrected chi connectivity index (χ0v) is 17.5. The largest absolute Gasteiger partial charge is 0.481 e. The number of hydrogen-bond donors (Lipinski definition) is 1. The first kappa shape index (κ1) is 22.7. The number of benzene rings is 2. The maximum absolute atomic E-state index is 13.3. The Morgan fingerprint density at radius 2 is 1.66 bits per heavy atom. The lowest BCUT2D eigenvalue weighted by Gasteiger charge is -2.33. The fourth-order valence-corrected chi connectivity index (χ4v) is 3.46. The summed E-state index contributed by atoms with van der Waals surface area (Å²) in [5.41, 5.74) is 0.641. The number of carboxylic acids is 1. The highest BCUT2D eigenvalue weighted by molar-refractivity contribution is 6.14. The van der Waals surface area contributed by atoms with Crippen molar-refractivity contribution in [1.29, 1.82) is 0 Å². The molecule has 0 radical (unpaired) electrons. The molecule has 32 heavy (non-hydrogen) atoms. The normalized spacial score (nSPS) is 13.5. The van der Waals surface area contributed by atoms with Gasteiger partial charge >= 0.3 is 17.9 Å². The minimum Gasteiger partial charge on any atom is -0.481 e. The third-order valence-electron chi connectivity index (χ3n) is 4.84. The molecular weight excluding hydrogens is 418 g/mol. The SMILES string of the molecule is COC(=O)C1=C(C(=O)OC)N(c2c(CC(=O)O)cccc2C(=O)c2ccccc2)COC1. The monoisotopic (exact) mass is 439 g/mol. The molecule has 9 heteroatoms. The van der Waals surface area contributed by atoms with E-state index in [2.05, 4.69) is 0 Å². The molecule has 0 spiro atoms. The minimum absolute atomic E-state index is 0.103. The predicted octanol–water partition coefficient (Wildman–Crippen LogP) is 1.94. The molecule has 1 aliphatic rings. The molecule has 0 saturated heterocycles. The van der Waals surface area contributed by atoms with Crippen LogP contribution in [0, 0.1) is 0 Å². The number of rotatable bonds is 7. The summed E-state index contributed by atoms with van der Waals surface area (Å²) < 4.78 is 15.1. The summed E-state index contributed by atoms with van der Waals surface area (Å²) in [6.45, 7) is -0.423. The van der Waals surface area contributed by atoms with E-state index < -0.39 is 24.3 Å². The number of aliphatic carboxylic acids is 1. The number of carbonyl (C=O) groups excluding carboxylic acids is 3. The molecular formula is C23H21NO8. The molecule has 0 amide bonds. The number of ether oxygens (including phenoxy) is 3. The van der Waals surface area contributed by atoms with E-state index in [1.807, 2.05) is 0 Å². The first-order valence-corrected chi connectivity index (χ1v) is 9.57. The van der Waals surface area contributed by atoms with Crippen molar-refractivity contribution < 1.29 is 38.5 Å². The van der Waals surface area contributed by atoms with Gasteiger partial charge in [0.05, 0.1) is 38.5 Å². The molecule has 166 valence electrons. The van der Waals surface area contributed by atoms with Crippen LogP contribution in [-0.2, 0) is 35.0 Å². The Balaban J connectivity index is 2.28. The summed E-state index contributed by atoms with van der Waals surface area (Å²) in [7, 11) is 2.31. The Hall–Kier alpha value is -3.98. The number of nitrogens with zero attached hydrogens (tertiary/aromatic N) is 1. The Morgan fingerprint density at radius 1 is 0.969 bits per heavy atom. The summed E-state index contributed by atoms with van der Waals surface area (Å²) >= 11 is 0. The molecule has 0 unspecified atom stereocenters. The Kier molecular flexibility index (Phi) is 7.01. The summed E-state index contributed by atoms with van der Waals surface area (Å²) in [6, 6.07) is 13.0. The van der Waals surface area contributed by atoms with Crippen LogP contribution in [0.25, 0.3) is 0 Å². The third kappa shape index (κ3) is 4.52. The topological polar surface area (TPSA) is 119 Å². The molecule has 0 aromatic heterocycles. The minimum atomic E-state index is -1.13. The van der Waals surface area contributed by atoms with Crippen molar-refractivity contribution in [2.24, 2.45) is 0 Å². The quantitative estimate of drug-likeness (QED) is 0.510. The van der Waals surface area contributed by atoms with Gasteiger partial charge in [0, 0.05) is 11.1 Å². The fraction of sp³-hybridized carbons (Fsp3) is 0.217. The third-order valence-corrected chi connectivity index (χ3v) is 4.84. The molecule has 3 rings (SSSR count). The van der Waals surface area contributed by atoms with E-state index in [0.29, 0.717) is 5.56 Å². The highest BCUT2D eigenvalue weighted by atomic mass is 16.5. The molecule has 2 aromatic rings. The van der Waals surface area contributed by atoms with Gasteiger partial charge in [-0.15, -0.1) is 0 Å². The van der Waals surface area contributed by atoms with Crippen molar-refractivity contribution in [1.82, 2.24) is 0 Å². The summed E-state index contributed by atoms with van der Waals surface area (Å²) in [6.07, 6.45) is -0.427. The van der Waals surface area contributed by atoms with E-state index in [0.717, 1.165) is 14.2 Å². The molecule has 0 bridgehead atoms. The number of methoxy groups -OCH3 is 2.